The predicted molar refractivity (Wildman–Crippen MR) is 220 cm³/mol. The Kier molecular flexibility index (Phi) is 6.15. The normalized spacial score (nSPS) is 16.6. The number of hydrogen-bond acceptors (Lipinski definition) is 1. The lowest BCUT2D eigenvalue weighted by molar-refractivity contribution is 0.660. The van der Waals surface area contributed by atoms with Crippen molar-refractivity contribution in [2.45, 2.75) is 24.7 Å². The molecule has 246 valence electrons. The molecule has 2 heteroatoms. The van der Waals surface area contributed by atoms with E-state index in [9.17, 15) is 0 Å². The van der Waals surface area contributed by atoms with E-state index in [0.717, 1.165) is 15.8 Å². The Labute approximate surface area is 313 Å². The van der Waals surface area contributed by atoms with Crippen LogP contribution in [0.5, 0.6) is 0 Å². The van der Waals surface area contributed by atoms with Crippen molar-refractivity contribution in [1.29, 1.82) is 0 Å². The molecule has 11 rings (SSSR count). The standard InChI is InChI=1S/C50H34BrN/c1-49(2)41-21-11-8-16-34(41)40-29-33(25-27-42(40)49)52(32-14-4-3-5-15-32)47-30-46-48(37-19-7-6-18-36(37)47)38-20-10-13-23-44(38)50(46)43-22-12-9-17-35(43)39-28-31(51)24-26-45(39)50/h3-30H,1-2H3. The molecule has 0 saturated carbocycles. The van der Waals surface area contributed by atoms with Gasteiger partial charge in [-0.15, -0.1) is 0 Å². The minimum absolute atomic E-state index is 0.0568. The van der Waals surface area contributed by atoms with E-state index in [1.54, 1.807) is 0 Å². The van der Waals surface area contributed by atoms with Crippen molar-refractivity contribution in [3.05, 3.63) is 208 Å². The summed E-state index contributed by atoms with van der Waals surface area (Å²) in [7, 11) is 0. The van der Waals surface area contributed by atoms with Gasteiger partial charge in [-0.05, 0) is 115 Å². The van der Waals surface area contributed by atoms with Crippen molar-refractivity contribution < 1.29 is 0 Å². The largest absolute Gasteiger partial charge is 0.310 e. The molecule has 0 amide bonds. The molecule has 0 aliphatic heterocycles. The van der Waals surface area contributed by atoms with E-state index >= 15 is 0 Å². The molecule has 3 aliphatic rings. The molecule has 0 radical (unpaired) electrons. The Morgan fingerprint density at radius 2 is 0.942 bits per heavy atom. The van der Waals surface area contributed by atoms with Crippen molar-refractivity contribution >= 4 is 43.8 Å². The Bertz CT molecular complexity index is 2790. The number of hydrogen-bond donors (Lipinski definition) is 0. The third-order valence-corrected chi connectivity index (χ3v) is 12.6. The molecule has 1 atom stereocenters. The number of anilines is 3. The first kappa shape index (κ1) is 30.0. The van der Waals surface area contributed by atoms with Gasteiger partial charge in [0, 0.05) is 26.6 Å². The monoisotopic (exact) mass is 727 g/mol. The first-order chi connectivity index (χ1) is 25.5. The number of halogens is 1. The highest BCUT2D eigenvalue weighted by Crippen LogP contribution is 2.65. The second kappa shape index (κ2) is 10.7. The van der Waals surface area contributed by atoms with E-state index in [1.165, 1.54) is 83.2 Å². The summed E-state index contributed by atoms with van der Waals surface area (Å²) in [6, 6.07) is 63.6. The molecule has 0 saturated heterocycles. The van der Waals surface area contributed by atoms with Gasteiger partial charge in [0.2, 0.25) is 0 Å². The summed E-state index contributed by atoms with van der Waals surface area (Å²) in [5.74, 6) is 0. The zero-order valence-corrected chi connectivity index (χ0v) is 30.6. The molecule has 0 aromatic heterocycles. The summed E-state index contributed by atoms with van der Waals surface area (Å²) in [6.07, 6.45) is 0. The van der Waals surface area contributed by atoms with Gasteiger partial charge < -0.3 is 4.90 Å². The van der Waals surface area contributed by atoms with Crippen molar-refractivity contribution in [1.82, 2.24) is 0 Å². The van der Waals surface area contributed by atoms with Gasteiger partial charge in [-0.3, -0.25) is 0 Å². The number of nitrogens with zero attached hydrogens (tertiary/aromatic N) is 1. The molecule has 0 N–H and O–H groups in total. The third kappa shape index (κ3) is 3.78. The molecule has 8 aromatic carbocycles. The first-order valence-electron chi connectivity index (χ1n) is 18.1. The molecule has 8 aromatic rings. The minimum Gasteiger partial charge on any atom is -0.310 e. The molecule has 1 nitrogen and oxygen atoms in total. The molecular weight excluding hydrogens is 694 g/mol. The minimum atomic E-state index is -0.458. The number of benzene rings is 8. The highest BCUT2D eigenvalue weighted by molar-refractivity contribution is 9.10. The summed E-state index contributed by atoms with van der Waals surface area (Å²) in [6.45, 7) is 4.71. The fourth-order valence-corrected chi connectivity index (χ4v) is 10.3. The number of para-hydroxylation sites is 1. The Hall–Kier alpha value is -5.70. The van der Waals surface area contributed by atoms with Crippen LogP contribution in [0, 0.1) is 0 Å². The van der Waals surface area contributed by atoms with Crippen molar-refractivity contribution in [3.8, 4) is 33.4 Å². The van der Waals surface area contributed by atoms with Crippen molar-refractivity contribution in [2.24, 2.45) is 0 Å². The zero-order valence-electron chi connectivity index (χ0n) is 29.0. The second-order valence-corrected chi connectivity index (χ2v) is 15.9. The Balaban J connectivity index is 1.26. The molecule has 0 fully saturated rings. The summed E-state index contributed by atoms with van der Waals surface area (Å²) >= 11 is 3.82. The predicted octanol–water partition coefficient (Wildman–Crippen LogP) is 13.7. The van der Waals surface area contributed by atoms with E-state index in [1.807, 2.05) is 0 Å². The lowest BCUT2D eigenvalue weighted by atomic mass is 9.70. The van der Waals surface area contributed by atoms with E-state index in [0.29, 0.717) is 0 Å². The Morgan fingerprint density at radius 1 is 0.404 bits per heavy atom. The fourth-order valence-electron chi connectivity index (χ4n) is 9.99. The highest BCUT2D eigenvalue weighted by Gasteiger charge is 2.52. The van der Waals surface area contributed by atoms with Gasteiger partial charge in [0.05, 0.1) is 11.1 Å². The molecule has 52 heavy (non-hydrogen) atoms. The van der Waals surface area contributed by atoms with Crippen LogP contribution in [0.25, 0.3) is 44.2 Å². The summed E-state index contributed by atoms with van der Waals surface area (Å²) in [5.41, 5.74) is 19.0. The van der Waals surface area contributed by atoms with Crippen molar-refractivity contribution in [2.75, 3.05) is 4.90 Å². The van der Waals surface area contributed by atoms with Crippen molar-refractivity contribution in [3.63, 3.8) is 0 Å². The molecule has 3 aliphatic carbocycles. The fraction of sp³-hybridized carbons (Fsp3) is 0.0800. The maximum absolute atomic E-state index is 3.82. The van der Waals surface area contributed by atoms with E-state index < -0.39 is 5.41 Å². The van der Waals surface area contributed by atoms with Crippen LogP contribution in [-0.4, -0.2) is 0 Å². The van der Waals surface area contributed by atoms with Crippen LogP contribution in [0.3, 0.4) is 0 Å². The quantitative estimate of drug-likeness (QED) is 0.175. The maximum atomic E-state index is 3.82. The van der Waals surface area contributed by atoms with Crippen LogP contribution in [0.15, 0.2) is 174 Å². The van der Waals surface area contributed by atoms with E-state index in [2.05, 4.69) is 205 Å². The SMILES string of the molecule is CC1(C)c2ccccc2-c2cc(N(c3ccccc3)c3cc4c(c5ccccc35)-c3ccccc3C43c4ccccc4-c4cc(Br)ccc43)ccc21. The first-order valence-corrected chi connectivity index (χ1v) is 18.9. The van der Waals surface area contributed by atoms with Crippen LogP contribution in [-0.2, 0) is 10.8 Å². The second-order valence-electron chi connectivity index (χ2n) is 15.0. The van der Waals surface area contributed by atoms with Gasteiger partial charge in [-0.25, -0.2) is 0 Å². The van der Waals surface area contributed by atoms with Gasteiger partial charge in [-0.2, -0.15) is 0 Å². The van der Waals surface area contributed by atoms with Gasteiger partial charge in [0.25, 0.3) is 0 Å². The average molecular weight is 729 g/mol. The highest BCUT2D eigenvalue weighted by atomic mass is 79.9. The van der Waals surface area contributed by atoms with Crippen LogP contribution in [0.4, 0.5) is 17.1 Å². The summed E-state index contributed by atoms with van der Waals surface area (Å²) < 4.78 is 1.10. The molecular formula is C50H34BrN. The topological polar surface area (TPSA) is 3.24 Å². The number of rotatable bonds is 3. The van der Waals surface area contributed by atoms with Gasteiger partial charge in [0.15, 0.2) is 0 Å². The van der Waals surface area contributed by atoms with Gasteiger partial charge in [0.1, 0.15) is 0 Å². The lowest BCUT2D eigenvalue weighted by Crippen LogP contribution is -2.26. The van der Waals surface area contributed by atoms with Crippen LogP contribution in [0.1, 0.15) is 47.2 Å². The summed E-state index contributed by atoms with van der Waals surface area (Å²) in [4.78, 5) is 2.50. The zero-order chi connectivity index (χ0) is 34.8. The third-order valence-electron chi connectivity index (χ3n) is 12.1. The van der Waals surface area contributed by atoms with Gasteiger partial charge in [-0.1, -0.05) is 157 Å². The smallest absolute Gasteiger partial charge is 0.0726 e. The van der Waals surface area contributed by atoms with Crippen LogP contribution < -0.4 is 4.90 Å². The van der Waals surface area contributed by atoms with Gasteiger partial charge >= 0.3 is 0 Å². The Morgan fingerprint density at radius 3 is 1.71 bits per heavy atom. The average Bonchev–Trinajstić information content (AvgIpc) is 3.73. The maximum Gasteiger partial charge on any atom is 0.0726 e. The molecule has 0 heterocycles. The molecule has 0 bridgehead atoms. The van der Waals surface area contributed by atoms with Crippen LogP contribution >= 0.6 is 15.9 Å². The molecule has 1 unspecified atom stereocenters. The van der Waals surface area contributed by atoms with E-state index in [-0.39, 0.29) is 5.41 Å². The number of fused-ring (bicyclic) bond motifs is 15. The van der Waals surface area contributed by atoms with Crippen LogP contribution in [0.2, 0.25) is 0 Å². The lowest BCUT2D eigenvalue weighted by Gasteiger charge is -2.33. The summed E-state index contributed by atoms with van der Waals surface area (Å²) in [5, 5.41) is 2.51. The van der Waals surface area contributed by atoms with E-state index in [4.69, 9.17) is 0 Å². The molecule has 1 spiro atoms.